The lowest BCUT2D eigenvalue weighted by Gasteiger charge is -2.33. The number of carbonyl (C=O) groups excluding carboxylic acids is 1. The van der Waals surface area contributed by atoms with Gasteiger partial charge >= 0.3 is 0 Å². The Balaban J connectivity index is 1.08. The summed E-state index contributed by atoms with van der Waals surface area (Å²) in [7, 11) is 1.54. The van der Waals surface area contributed by atoms with E-state index in [0.717, 1.165) is 25.2 Å². The molecule has 1 amide bonds. The van der Waals surface area contributed by atoms with Crippen molar-refractivity contribution in [2.75, 3.05) is 38.7 Å². The number of hydrogen-bond acceptors (Lipinski definition) is 9. The molecule has 2 fully saturated rings. The molecule has 2 N–H and O–H groups in total. The van der Waals surface area contributed by atoms with E-state index in [4.69, 9.17) is 14.2 Å². The van der Waals surface area contributed by atoms with Crippen molar-refractivity contribution >= 4 is 22.8 Å². The smallest absolute Gasteiger partial charge is 0.263 e. The average molecular weight is 495 g/mol. The highest BCUT2D eigenvalue weighted by Crippen LogP contribution is 2.29. The highest BCUT2D eigenvalue weighted by Gasteiger charge is 2.40. The number of aromatic nitrogens is 3. The Morgan fingerprint density at radius 2 is 2.17 bits per heavy atom. The summed E-state index contributed by atoms with van der Waals surface area (Å²) in [5.41, 5.74) is 2.58. The summed E-state index contributed by atoms with van der Waals surface area (Å²) in [6, 6.07) is 7.44. The van der Waals surface area contributed by atoms with Gasteiger partial charge < -0.3 is 24.8 Å². The van der Waals surface area contributed by atoms with Crippen molar-refractivity contribution < 1.29 is 23.4 Å². The van der Waals surface area contributed by atoms with Crippen LogP contribution in [0.3, 0.4) is 0 Å². The average Bonchev–Trinajstić information content (AvgIpc) is 3.18. The van der Waals surface area contributed by atoms with Gasteiger partial charge in [0.15, 0.2) is 18.2 Å². The molecule has 0 spiro atoms. The fourth-order valence-corrected chi connectivity index (χ4v) is 5.17. The van der Waals surface area contributed by atoms with E-state index < -0.39 is 0 Å². The minimum atomic E-state index is -0.349. The number of anilines is 1. The molecule has 6 heterocycles. The van der Waals surface area contributed by atoms with Gasteiger partial charge in [-0.1, -0.05) is 0 Å². The lowest BCUT2D eigenvalue weighted by Crippen LogP contribution is -2.47. The molecular formula is C25H27FN6O4. The van der Waals surface area contributed by atoms with Crippen LogP contribution in [-0.4, -0.2) is 77.4 Å². The number of fused-ring (bicyclic) bond motifs is 4. The number of halogens is 1. The molecule has 3 aliphatic heterocycles. The van der Waals surface area contributed by atoms with Crippen LogP contribution in [0.25, 0.3) is 11.0 Å². The quantitative estimate of drug-likeness (QED) is 0.507. The van der Waals surface area contributed by atoms with Crippen molar-refractivity contribution in [2.45, 2.75) is 37.6 Å². The van der Waals surface area contributed by atoms with Crippen molar-refractivity contribution in [3.63, 3.8) is 0 Å². The first-order valence-electron chi connectivity index (χ1n) is 12.1. The van der Waals surface area contributed by atoms with Crippen LogP contribution in [0.1, 0.15) is 17.7 Å². The first kappa shape index (κ1) is 23.0. The predicted molar refractivity (Wildman–Crippen MR) is 128 cm³/mol. The predicted octanol–water partition coefficient (Wildman–Crippen LogP) is 1.68. The molecule has 10 nitrogen and oxygen atoms in total. The van der Waals surface area contributed by atoms with Gasteiger partial charge in [0, 0.05) is 43.9 Å². The third-order valence-corrected chi connectivity index (χ3v) is 6.94. The molecule has 0 aromatic carbocycles. The van der Waals surface area contributed by atoms with Crippen LogP contribution in [0, 0.1) is 5.82 Å². The zero-order chi connectivity index (χ0) is 24.6. The van der Waals surface area contributed by atoms with Gasteiger partial charge in [-0.05, 0) is 31.0 Å². The van der Waals surface area contributed by atoms with E-state index in [0.29, 0.717) is 53.6 Å². The summed E-state index contributed by atoms with van der Waals surface area (Å²) < 4.78 is 31.5. The molecule has 0 radical (unpaired) electrons. The Morgan fingerprint density at radius 1 is 1.25 bits per heavy atom. The van der Waals surface area contributed by atoms with Crippen molar-refractivity contribution in [3.05, 3.63) is 47.5 Å². The number of amides is 1. The summed E-state index contributed by atoms with van der Waals surface area (Å²) in [4.78, 5) is 27.0. The number of rotatable bonds is 7. The standard InChI is InChI=1S/C25H27FN6O4/c1-34-23-5-3-18-24(31-23)16(17(26)10-28-18)6-7-32-11-15-8-19(21(12-32)36-15)27-9-14-2-4-20-25(29-14)30-22(33)13-35-20/h2-5,10,15,19,21,27H,6-9,11-13H2,1H3,(H,29,30,33)/t15-,19?,21-/m1/s1. The second-order valence-corrected chi connectivity index (χ2v) is 9.32. The van der Waals surface area contributed by atoms with Crippen molar-refractivity contribution in [2.24, 2.45) is 0 Å². The minimum Gasteiger partial charge on any atom is -0.481 e. The number of methoxy groups -OCH3 is 1. The Hall–Kier alpha value is -3.41. The number of pyridine rings is 3. The molecule has 0 saturated carbocycles. The van der Waals surface area contributed by atoms with Gasteiger partial charge in [-0.25, -0.2) is 14.4 Å². The topological polar surface area (TPSA) is 111 Å². The number of morpholine rings is 1. The van der Waals surface area contributed by atoms with Crippen LogP contribution in [0.15, 0.2) is 30.5 Å². The molecule has 3 aliphatic rings. The molecule has 3 aromatic heterocycles. The molecule has 3 aromatic rings. The van der Waals surface area contributed by atoms with Crippen LogP contribution in [0.2, 0.25) is 0 Å². The fourth-order valence-electron chi connectivity index (χ4n) is 5.17. The third kappa shape index (κ3) is 4.57. The molecule has 2 saturated heterocycles. The number of carbonyl (C=O) groups is 1. The van der Waals surface area contributed by atoms with Crippen molar-refractivity contribution in [3.8, 4) is 11.6 Å². The zero-order valence-corrected chi connectivity index (χ0v) is 19.9. The second-order valence-electron chi connectivity index (χ2n) is 9.32. The molecule has 3 atom stereocenters. The van der Waals surface area contributed by atoms with Gasteiger partial charge in [0.25, 0.3) is 5.91 Å². The van der Waals surface area contributed by atoms with E-state index >= 15 is 0 Å². The first-order chi connectivity index (χ1) is 17.6. The van der Waals surface area contributed by atoms with Gasteiger partial charge in [0.1, 0.15) is 5.82 Å². The number of nitrogens with zero attached hydrogens (tertiary/aromatic N) is 4. The lowest BCUT2D eigenvalue weighted by molar-refractivity contribution is -0.118. The Morgan fingerprint density at radius 3 is 3.06 bits per heavy atom. The first-order valence-corrected chi connectivity index (χ1v) is 12.1. The largest absolute Gasteiger partial charge is 0.481 e. The fraction of sp³-hybridized carbons (Fsp3) is 0.440. The highest BCUT2D eigenvalue weighted by atomic mass is 19.1. The van der Waals surface area contributed by atoms with E-state index in [2.05, 4.69) is 30.5 Å². The number of likely N-dealkylation sites (tertiary alicyclic amines) is 1. The SMILES string of the molecule is COc1ccc2ncc(F)c(CCN3C[C@H]4CC(NCc5ccc6c(n5)NC(=O)CO6)[C@@H](C3)O4)c2n1. The van der Waals surface area contributed by atoms with Crippen molar-refractivity contribution in [1.29, 1.82) is 0 Å². The summed E-state index contributed by atoms with van der Waals surface area (Å²) in [6.07, 6.45) is 2.86. The maximum Gasteiger partial charge on any atom is 0.263 e. The lowest BCUT2D eigenvalue weighted by atomic mass is 10.1. The summed E-state index contributed by atoms with van der Waals surface area (Å²) in [6.45, 7) is 2.83. The normalized spacial score (nSPS) is 23.3. The van der Waals surface area contributed by atoms with Crippen LogP contribution >= 0.6 is 0 Å². The van der Waals surface area contributed by atoms with E-state index in [1.165, 1.54) is 6.20 Å². The van der Waals surface area contributed by atoms with E-state index in [-0.39, 0.29) is 36.6 Å². The molecule has 1 unspecified atom stereocenters. The molecule has 188 valence electrons. The molecule has 11 heteroatoms. The number of hydrogen-bond donors (Lipinski definition) is 2. The van der Waals surface area contributed by atoms with E-state index in [1.54, 1.807) is 19.2 Å². The highest BCUT2D eigenvalue weighted by molar-refractivity contribution is 5.94. The molecular weight excluding hydrogens is 467 g/mol. The van der Waals surface area contributed by atoms with Crippen molar-refractivity contribution in [1.82, 2.24) is 25.2 Å². The molecule has 6 rings (SSSR count). The summed E-state index contributed by atoms with van der Waals surface area (Å²) in [5.74, 6) is 0.936. The monoisotopic (exact) mass is 494 g/mol. The van der Waals surface area contributed by atoms with Gasteiger partial charge in [0.05, 0.1) is 42.2 Å². The van der Waals surface area contributed by atoms with Crippen LogP contribution in [0.4, 0.5) is 10.2 Å². The Bertz CT molecular complexity index is 1310. The number of ether oxygens (including phenoxy) is 3. The summed E-state index contributed by atoms with van der Waals surface area (Å²) in [5, 5.41) is 6.31. The van der Waals surface area contributed by atoms with E-state index in [9.17, 15) is 9.18 Å². The zero-order valence-electron chi connectivity index (χ0n) is 19.9. The number of nitrogens with one attached hydrogen (secondary N) is 2. The van der Waals surface area contributed by atoms with Gasteiger partial charge in [-0.3, -0.25) is 14.7 Å². The van der Waals surface area contributed by atoms with Gasteiger partial charge in [-0.2, -0.15) is 0 Å². The molecule has 0 aliphatic carbocycles. The third-order valence-electron chi connectivity index (χ3n) is 6.94. The Kier molecular flexibility index (Phi) is 6.12. The van der Waals surface area contributed by atoms with Crippen LogP contribution in [-0.2, 0) is 22.5 Å². The maximum absolute atomic E-state index is 14.7. The van der Waals surface area contributed by atoms with Crippen LogP contribution < -0.4 is 20.1 Å². The summed E-state index contributed by atoms with van der Waals surface area (Å²) >= 11 is 0. The maximum atomic E-state index is 14.7. The van der Waals surface area contributed by atoms with Gasteiger partial charge in [0.2, 0.25) is 5.88 Å². The Labute approximate surface area is 207 Å². The van der Waals surface area contributed by atoms with Gasteiger partial charge in [-0.15, -0.1) is 0 Å². The molecule has 2 bridgehead atoms. The molecule has 36 heavy (non-hydrogen) atoms. The minimum absolute atomic E-state index is 0.0139. The second kappa shape index (κ2) is 9.57. The van der Waals surface area contributed by atoms with Crippen LogP contribution in [0.5, 0.6) is 11.6 Å². The van der Waals surface area contributed by atoms with E-state index in [1.807, 2.05) is 12.1 Å².